The molecule has 0 saturated carbocycles. The minimum absolute atomic E-state index is 0.218. The van der Waals surface area contributed by atoms with E-state index >= 15 is 0 Å². The van der Waals surface area contributed by atoms with Crippen molar-refractivity contribution in [3.63, 3.8) is 0 Å². The highest BCUT2D eigenvalue weighted by Crippen LogP contribution is 2.30. The van der Waals surface area contributed by atoms with E-state index in [1.807, 2.05) is 11.4 Å². The van der Waals surface area contributed by atoms with E-state index in [2.05, 4.69) is 27.2 Å². The normalized spacial score (nSPS) is 16.2. The first-order valence-corrected chi connectivity index (χ1v) is 10.5. The number of piperidine rings is 1. The van der Waals surface area contributed by atoms with Crippen LogP contribution < -0.4 is 15.5 Å². The molecule has 0 radical (unpaired) electrons. The summed E-state index contributed by atoms with van der Waals surface area (Å²) in [6.45, 7) is 5.21. The number of pyridine rings is 2. The van der Waals surface area contributed by atoms with Crippen molar-refractivity contribution in [1.82, 2.24) is 15.3 Å². The summed E-state index contributed by atoms with van der Waals surface area (Å²) >= 11 is 1.53. The summed E-state index contributed by atoms with van der Waals surface area (Å²) in [6, 6.07) is 4.88. The fourth-order valence-electron chi connectivity index (χ4n) is 3.59. The van der Waals surface area contributed by atoms with Gasteiger partial charge in [-0.3, -0.25) is 14.7 Å². The minimum Gasteiger partial charge on any atom is -0.465 e. The van der Waals surface area contributed by atoms with Gasteiger partial charge in [-0.1, -0.05) is 12.7 Å². The van der Waals surface area contributed by atoms with Crippen LogP contribution in [0.25, 0.3) is 16.3 Å². The van der Waals surface area contributed by atoms with Crippen molar-refractivity contribution in [1.29, 1.82) is 0 Å². The Balaban J connectivity index is 1.64. The highest BCUT2D eigenvalue weighted by molar-refractivity contribution is 7.17. The first-order valence-electron chi connectivity index (χ1n) is 9.57. The van der Waals surface area contributed by atoms with Gasteiger partial charge in [0.1, 0.15) is 5.69 Å². The summed E-state index contributed by atoms with van der Waals surface area (Å²) in [5.41, 5.74) is 2.54. The Hall–Kier alpha value is -3.30. The summed E-state index contributed by atoms with van der Waals surface area (Å²) in [5, 5.41) is 17.8. The fraction of sp³-hybridized carbons (Fsp3) is 0.238. The van der Waals surface area contributed by atoms with E-state index in [0.717, 1.165) is 35.2 Å². The van der Waals surface area contributed by atoms with Crippen molar-refractivity contribution in [2.45, 2.75) is 18.9 Å². The lowest BCUT2D eigenvalue weighted by Crippen LogP contribution is -2.48. The lowest BCUT2D eigenvalue weighted by atomic mass is 10.1. The van der Waals surface area contributed by atoms with Crippen molar-refractivity contribution in [3.8, 4) is 0 Å². The maximum Gasteiger partial charge on any atom is 0.412 e. The number of hydrogen-bond acceptors (Lipinski definition) is 6. The van der Waals surface area contributed by atoms with Crippen molar-refractivity contribution >= 4 is 51.0 Å². The van der Waals surface area contributed by atoms with E-state index in [-0.39, 0.29) is 11.7 Å². The number of thiophene rings is 1. The summed E-state index contributed by atoms with van der Waals surface area (Å²) in [4.78, 5) is 34.8. The van der Waals surface area contributed by atoms with E-state index in [9.17, 15) is 14.7 Å². The molecule has 9 heteroatoms. The second kappa shape index (κ2) is 8.60. The van der Waals surface area contributed by atoms with Crippen LogP contribution in [0, 0.1) is 0 Å². The van der Waals surface area contributed by atoms with Crippen molar-refractivity contribution in [2.75, 3.05) is 23.3 Å². The number of fused-ring (bicyclic) bond motifs is 1. The van der Waals surface area contributed by atoms with Gasteiger partial charge in [0, 0.05) is 23.7 Å². The quantitative estimate of drug-likeness (QED) is 0.576. The van der Waals surface area contributed by atoms with E-state index in [4.69, 9.17) is 0 Å². The predicted molar refractivity (Wildman–Crippen MR) is 118 cm³/mol. The molecule has 1 atom stereocenters. The average Bonchev–Trinajstić information content (AvgIpc) is 3.18. The summed E-state index contributed by atoms with van der Waals surface area (Å²) in [6.07, 6.45) is 5.24. The molecule has 0 aromatic carbocycles. The molecule has 3 N–H and O–H groups in total. The monoisotopic (exact) mass is 423 g/mol. The number of carbonyl (C=O) groups excluding carboxylic acids is 1. The van der Waals surface area contributed by atoms with E-state index in [1.54, 1.807) is 18.2 Å². The summed E-state index contributed by atoms with van der Waals surface area (Å²) in [7, 11) is 0. The van der Waals surface area contributed by atoms with Gasteiger partial charge in [0.25, 0.3) is 5.91 Å². The van der Waals surface area contributed by atoms with Gasteiger partial charge in [-0.15, -0.1) is 11.3 Å². The molecule has 8 nitrogen and oxygen atoms in total. The molecule has 1 aliphatic heterocycles. The van der Waals surface area contributed by atoms with Crippen LogP contribution in [0.1, 0.15) is 28.9 Å². The van der Waals surface area contributed by atoms with E-state index < -0.39 is 12.0 Å². The lowest BCUT2D eigenvalue weighted by Gasteiger charge is -2.33. The first kappa shape index (κ1) is 20.0. The number of nitrogens with zero attached hydrogens (tertiary/aromatic N) is 3. The number of nitrogens with one attached hydrogen (secondary N) is 2. The minimum atomic E-state index is -1.07. The second-order valence-electron chi connectivity index (χ2n) is 6.94. The Morgan fingerprint density at radius 1 is 1.37 bits per heavy atom. The molecule has 3 aromatic rings. The van der Waals surface area contributed by atoms with Gasteiger partial charge in [-0.25, -0.2) is 9.78 Å². The standard InChI is InChI=1S/C21H21N5O3S/c1-2-13-12-30-18-6-5-15(24-19(13)18)20(27)25-16-11-23-9-7-17(16)26(21(28)29)14-4-3-8-22-10-14/h2,5-7,9,11-12,14,22H,1,3-4,8,10H2,(H,25,27)(H,28,29). The Bertz CT molecular complexity index is 1110. The van der Waals surface area contributed by atoms with Crippen molar-refractivity contribution in [2.24, 2.45) is 0 Å². The number of carboxylic acid groups (broad SMARTS) is 1. The molecule has 1 saturated heterocycles. The molecule has 1 fully saturated rings. The molecule has 2 amide bonds. The molecule has 3 aromatic heterocycles. The Kier molecular flexibility index (Phi) is 5.73. The molecular weight excluding hydrogens is 402 g/mol. The summed E-state index contributed by atoms with van der Waals surface area (Å²) in [5.74, 6) is -0.431. The zero-order valence-electron chi connectivity index (χ0n) is 16.2. The van der Waals surface area contributed by atoms with E-state index in [1.165, 1.54) is 28.6 Å². The molecule has 0 bridgehead atoms. The molecular formula is C21H21N5O3S. The van der Waals surface area contributed by atoms with Crippen LogP contribution in [0.4, 0.5) is 16.2 Å². The number of anilines is 2. The van der Waals surface area contributed by atoms with Crippen LogP contribution in [0.2, 0.25) is 0 Å². The molecule has 30 heavy (non-hydrogen) atoms. The van der Waals surface area contributed by atoms with Gasteiger partial charge in [0.15, 0.2) is 0 Å². The number of amides is 2. The Morgan fingerprint density at radius 2 is 2.23 bits per heavy atom. The molecule has 0 spiro atoms. The molecule has 154 valence electrons. The third-order valence-electron chi connectivity index (χ3n) is 5.04. The highest BCUT2D eigenvalue weighted by Gasteiger charge is 2.29. The zero-order valence-corrected chi connectivity index (χ0v) is 17.0. The van der Waals surface area contributed by atoms with Crippen LogP contribution in [-0.4, -0.2) is 46.2 Å². The molecule has 0 aliphatic carbocycles. The number of rotatable bonds is 5. The SMILES string of the molecule is C=Cc1csc2ccc(C(=O)Nc3cnccc3N(C(=O)O)C3CCCNC3)nc12. The number of hydrogen-bond donors (Lipinski definition) is 3. The topological polar surface area (TPSA) is 107 Å². The van der Waals surface area contributed by atoms with Gasteiger partial charge in [-0.2, -0.15) is 0 Å². The average molecular weight is 423 g/mol. The molecule has 4 rings (SSSR count). The maximum atomic E-state index is 12.9. The Morgan fingerprint density at radius 3 is 2.97 bits per heavy atom. The van der Waals surface area contributed by atoms with Gasteiger partial charge >= 0.3 is 6.09 Å². The van der Waals surface area contributed by atoms with Crippen molar-refractivity contribution in [3.05, 3.63) is 53.8 Å². The molecule has 4 heterocycles. The third-order valence-corrected chi connectivity index (χ3v) is 6.00. The van der Waals surface area contributed by atoms with Crippen molar-refractivity contribution < 1.29 is 14.7 Å². The van der Waals surface area contributed by atoms with Crippen LogP contribution in [-0.2, 0) is 0 Å². The highest BCUT2D eigenvalue weighted by atomic mass is 32.1. The van der Waals surface area contributed by atoms with Gasteiger partial charge < -0.3 is 15.7 Å². The summed E-state index contributed by atoms with van der Waals surface area (Å²) < 4.78 is 0.963. The number of aromatic nitrogens is 2. The third kappa shape index (κ3) is 3.89. The van der Waals surface area contributed by atoms with Crippen LogP contribution in [0.5, 0.6) is 0 Å². The van der Waals surface area contributed by atoms with Crippen LogP contribution in [0.3, 0.4) is 0 Å². The maximum absolute atomic E-state index is 12.9. The fourth-order valence-corrected chi connectivity index (χ4v) is 4.48. The zero-order chi connectivity index (χ0) is 21.1. The molecule has 1 unspecified atom stereocenters. The number of carbonyl (C=O) groups is 2. The van der Waals surface area contributed by atoms with E-state index in [0.29, 0.717) is 17.9 Å². The van der Waals surface area contributed by atoms with Crippen LogP contribution >= 0.6 is 11.3 Å². The Labute approximate surface area is 177 Å². The lowest BCUT2D eigenvalue weighted by molar-refractivity contribution is 0.102. The second-order valence-corrected chi connectivity index (χ2v) is 7.85. The van der Waals surface area contributed by atoms with Gasteiger partial charge in [-0.05, 0) is 37.6 Å². The smallest absolute Gasteiger partial charge is 0.412 e. The van der Waals surface area contributed by atoms with Gasteiger partial charge in [0.2, 0.25) is 0 Å². The largest absolute Gasteiger partial charge is 0.465 e. The first-order chi connectivity index (χ1) is 14.6. The van der Waals surface area contributed by atoms with Crippen LogP contribution in [0.15, 0.2) is 42.6 Å². The van der Waals surface area contributed by atoms with Gasteiger partial charge in [0.05, 0.1) is 33.8 Å². The molecule has 1 aliphatic rings. The predicted octanol–water partition coefficient (Wildman–Crippen LogP) is 3.82.